The maximum atomic E-state index is 11.4. The van der Waals surface area contributed by atoms with Gasteiger partial charge in [-0.05, 0) is 20.8 Å². The number of carbonyl (C=O) groups is 1. The molecule has 2 N–H and O–H groups in total. The van der Waals surface area contributed by atoms with Crippen LogP contribution in [-0.4, -0.2) is 31.3 Å². The molecule has 0 amide bonds. The predicted octanol–water partition coefficient (Wildman–Crippen LogP) is 1.33. The summed E-state index contributed by atoms with van der Waals surface area (Å²) in [5.41, 5.74) is 5.34. The van der Waals surface area contributed by atoms with Crippen molar-refractivity contribution in [3.63, 3.8) is 0 Å². The van der Waals surface area contributed by atoms with E-state index in [-0.39, 0.29) is 23.5 Å². The lowest BCUT2D eigenvalue weighted by molar-refractivity contribution is -0.150. The van der Waals surface area contributed by atoms with Crippen molar-refractivity contribution in [2.24, 2.45) is 11.7 Å². The lowest BCUT2D eigenvalue weighted by atomic mass is 10.0. The lowest BCUT2D eigenvalue weighted by Crippen LogP contribution is -2.33. The van der Waals surface area contributed by atoms with Gasteiger partial charge >= 0.3 is 5.97 Å². The molecule has 0 aliphatic heterocycles. The maximum Gasteiger partial charge on any atom is 0.310 e. The molecule has 15 heavy (non-hydrogen) atoms. The minimum atomic E-state index is -0.254. The second-order valence-electron chi connectivity index (χ2n) is 4.53. The van der Waals surface area contributed by atoms with Crippen molar-refractivity contribution in [2.45, 2.75) is 45.8 Å². The first-order chi connectivity index (χ1) is 6.80. The van der Waals surface area contributed by atoms with Gasteiger partial charge < -0.3 is 15.2 Å². The highest BCUT2D eigenvalue weighted by atomic mass is 16.5. The number of esters is 1. The van der Waals surface area contributed by atoms with Gasteiger partial charge in [0.2, 0.25) is 0 Å². The summed E-state index contributed by atoms with van der Waals surface area (Å²) < 4.78 is 10.3. The summed E-state index contributed by atoms with van der Waals surface area (Å²) >= 11 is 0. The van der Waals surface area contributed by atoms with Crippen molar-refractivity contribution in [1.82, 2.24) is 0 Å². The molecule has 0 radical (unpaired) electrons. The highest BCUT2D eigenvalue weighted by Crippen LogP contribution is 2.13. The normalized spacial score (nSPS) is 15.9. The number of hydrogen-bond donors (Lipinski definition) is 1. The highest BCUT2D eigenvalue weighted by molar-refractivity contribution is 5.72. The summed E-state index contributed by atoms with van der Waals surface area (Å²) in [4.78, 5) is 11.4. The van der Waals surface area contributed by atoms with E-state index in [0.29, 0.717) is 13.0 Å². The smallest absolute Gasteiger partial charge is 0.310 e. The van der Waals surface area contributed by atoms with Crippen LogP contribution in [0.5, 0.6) is 0 Å². The first-order valence-electron chi connectivity index (χ1n) is 5.27. The largest absolute Gasteiger partial charge is 0.465 e. The second kappa shape index (κ2) is 6.08. The number of rotatable bonds is 6. The molecule has 4 nitrogen and oxygen atoms in total. The molecular formula is C11H23NO3. The molecule has 0 fully saturated rings. The zero-order chi connectivity index (χ0) is 12.1. The van der Waals surface area contributed by atoms with E-state index in [9.17, 15) is 4.79 Å². The number of hydrogen-bond acceptors (Lipinski definition) is 4. The van der Waals surface area contributed by atoms with E-state index in [1.807, 2.05) is 13.8 Å². The molecule has 0 saturated heterocycles. The van der Waals surface area contributed by atoms with Gasteiger partial charge in [0.25, 0.3) is 0 Å². The van der Waals surface area contributed by atoms with Gasteiger partial charge in [0.15, 0.2) is 0 Å². The summed E-state index contributed by atoms with van der Waals surface area (Å²) in [5.74, 6) is -0.493. The van der Waals surface area contributed by atoms with Crippen molar-refractivity contribution in [1.29, 1.82) is 0 Å². The van der Waals surface area contributed by atoms with Gasteiger partial charge in [-0.25, -0.2) is 0 Å². The molecule has 0 rings (SSSR count). The molecule has 0 aliphatic carbocycles. The van der Waals surface area contributed by atoms with Crippen LogP contribution < -0.4 is 5.73 Å². The Bertz CT molecular complexity index is 202. The van der Waals surface area contributed by atoms with E-state index in [2.05, 4.69) is 0 Å². The summed E-state index contributed by atoms with van der Waals surface area (Å²) in [6, 6.07) is -0.173. The van der Waals surface area contributed by atoms with Gasteiger partial charge in [-0.1, -0.05) is 6.92 Å². The monoisotopic (exact) mass is 217 g/mol. The number of carbonyl (C=O) groups excluding carboxylic acids is 1. The van der Waals surface area contributed by atoms with Crippen LogP contribution in [0.2, 0.25) is 0 Å². The molecule has 0 heterocycles. The van der Waals surface area contributed by atoms with Crippen LogP contribution in [-0.2, 0) is 14.3 Å². The van der Waals surface area contributed by atoms with Gasteiger partial charge in [-0.2, -0.15) is 0 Å². The first-order valence-corrected chi connectivity index (χ1v) is 5.27. The molecule has 2 atom stereocenters. The molecule has 0 bridgehead atoms. The van der Waals surface area contributed by atoms with Crippen LogP contribution in [0.15, 0.2) is 0 Å². The van der Waals surface area contributed by atoms with E-state index >= 15 is 0 Å². The van der Waals surface area contributed by atoms with Crippen molar-refractivity contribution in [3.05, 3.63) is 0 Å². The fourth-order valence-corrected chi connectivity index (χ4v) is 0.846. The third-order valence-electron chi connectivity index (χ3n) is 2.66. The fourth-order valence-electron chi connectivity index (χ4n) is 0.846. The molecule has 0 saturated carbocycles. The van der Waals surface area contributed by atoms with Gasteiger partial charge in [-0.15, -0.1) is 0 Å². The van der Waals surface area contributed by atoms with Gasteiger partial charge in [0, 0.05) is 19.6 Å². The summed E-state index contributed by atoms with van der Waals surface area (Å²) in [7, 11) is 1.65. The van der Waals surface area contributed by atoms with Crippen LogP contribution >= 0.6 is 0 Å². The molecule has 4 heteroatoms. The maximum absolute atomic E-state index is 11.4. The van der Waals surface area contributed by atoms with Crippen LogP contribution in [0.3, 0.4) is 0 Å². The summed E-state index contributed by atoms with van der Waals surface area (Å²) in [5, 5.41) is 0. The zero-order valence-electron chi connectivity index (χ0n) is 10.4. The van der Waals surface area contributed by atoms with Crippen LogP contribution in [0, 0.1) is 5.92 Å². The minimum Gasteiger partial charge on any atom is -0.465 e. The Morgan fingerprint density at radius 2 is 1.93 bits per heavy atom. The van der Waals surface area contributed by atoms with Crippen LogP contribution in [0.1, 0.15) is 34.1 Å². The quantitative estimate of drug-likeness (QED) is 0.682. The predicted molar refractivity (Wildman–Crippen MR) is 59.5 cm³/mol. The molecular weight excluding hydrogens is 194 g/mol. The van der Waals surface area contributed by atoms with Crippen molar-refractivity contribution >= 4 is 5.97 Å². The summed E-state index contributed by atoms with van der Waals surface area (Å²) in [6.07, 6.45) is 0.681. The number of methoxy groups -OCH3 is 1. The Morgan fingerprint density at radius 1 is 1.40 bits per heavy atom. The Kier molecular flexibility index (Phi) is 5.83. The van der Waals surface area contributed by atoms with Gasteiger partial charge in [0.05, 0.1) is 18.1 Å². The molecule has 0 aromatic rings. The highest BCUT2D eigenvalue weighted by Gasteiger charge is 2.21. The standard InChI is InChI=1S/C11H23NO3/c1-8(9(2)12)10(13)15-7-6-11(3,4)14-5/h8-9H,6-7,12H2,1-5H3. The van der Waals surface area contributed by atoms with Crippen molar-refractivity contribution < 1.29 is 14.3 Å². The first kappa shape index (κ1) is 14.4. The minimum absolute atomic E-state index is 0.173. The van der Waals surface area contributed by atoms with E-state index in [0.717, 1.165) is 0 Å². The average molecular weight is 217 g/mol. The SMILES string of the molecule is COC(C)(C)CCOC(=O)C(C)C(C)N. The van der Waals surface area contributed by atoms with Gasteiger partial charge in [-0.3, -0.25) is 4.79 Å². The Labute approximate surface area is 92.1 Å². The van der Waals surface area contributed by atoms with Crippen molar-refractivity contribution in [2.75, 3.05) is 13.7 Å². The Balaban J connectivity index is 3.83. The Hall–Kier alpha value is -0.610. The van der Waals surface area contributed by atoms with Crippen LogP contribution in [0.25, 0.3) is 0 Å². The molecule has 0 aromatic heterocycles. The fraction of sp³-hybridized carbons (Fsp3) is 0.909. The van der Waals surface area contributed by atoms with Crippen LogP contribution in [0.4, 0.5) is 0 Å². The van der Waals surface area contributed by atoms with Crippen molar-refractivity contribution in [3.8, 4) is 0 Å². The van der Waals surface area contributed by atoms with E-state index < -0.39 is 0 Å². The Morgan fingerprint density at radius 3 is 2.33 bits per heavy atom. The second-order valence-corrected chi connectivity index (χ2v) is 4.53. The molecule has 0 aliphatic rings. The molecule has 0 aromatic carbocycles. The average Bonchev–Trinajstić information content (AvgIpc) is 2.16. The summed E-state index contributed by atoms with van der Waals surface area (Å²) in [6.45, 7) is 7.85. The molecule has 2 unspecified atom stereocenters. The topological polar surface area (TPSA) is 61.5 Å². The lowest BCUT2D eigenvalue weighted by Gasteiger charge is -2.23. The number of ether oxygens (including phenoxy) is 2. The van der Waals surface area contributed by atoms with E-state index in [4.69, 9.17) is 15.2 Å². The number of nitrogens with two attached hydrogens (primary N) is 1. The molecule has 90 valence electrons. The third-order valence-corrected chi connectivity index (χ3v) is 2.66. The van der Waals surface area contributed by atoms with Gasteiger partial charge in [0.1, 0.15) is 0 Å². The zero-order valence-corrected chi connectivity index (χ0v) is 10.4. The molecule has 0 spiro atoms. The third kappa shape index (κ3) is 5.74. The van der Waals surface area contributed by atoms with E-state index in [1.165, 1.54) is 0 Å². The van der Waals surface area contributed by atoms with E-state index in [1.54, 1.807) is 21.0 Å².